The summed E-state index contributed by atoms with van der Waals surface area (Å²) in [5.41, 5.74) is -0.00296. The van der Waals surface area contributed by atoms with Crippen molar-refractivity contribution in [3.63, 3.8) is 0 Å². The molecular formula is C14H18F2O4S2. The van der Waals surface area contributed by atoms with E-state index in [9.17, 15) is 22.3 Å². The smallest absolute Gasteiger partial charge is 0.281 e. The SMILES string of the molecule is CS(=O)(=O)c1sc(OC2CCCCC2)c2c1[C@H](O)C(F)(F)C2. The zero-order valence-electron chi connectivity index (χ0n) is 12.1. The Bertz CT molecular complexity index is 675. The van der Waals surface area contributed by atoms with Gasteiger partial charge in [-0.15, -0.1) is 0 Å². The first-order valence-electron chi connectivity index (χ1n) is 7.28. The van der Waals surface area contributed by atoms with E-state index in [1.54, 1.807) is 0 Å². The van der Waals surface area contributed by atoms with Crippen LogP contribution < -0.4 is 4.74 Å². The fourth-order valence-corrected chi connectivity index (χ4v) is 5.60. The van der Waals surface area contributed by atoms with Gasteiger partial charge in [0.1, 0.15) is 10.3 Å². The summed E-state index contributed by atoms with van der Waals surface area (Å²) >= 11 is 0.864. The van der Waals surface area contributed by atoms with Crippen LogP contribution in [0.3, 0.4) is 0 Å². The Balaban J connectivity index is 2.00. The van der Waals surface area contributed by atoms with Crippen LogP contribution >= 0.6 is 11.3 Å². The van der Waals surface area contributed by atoms with Crippen molar-refractivity contribution in [2.24, 2.45) is 0 Å². The largest absolute Gasteiger partial charge is 0.481 e. The number of halogens is 2. The second-order valence-electron chi connectivity index (χ2n) is 6.06. The lowest BCUT2D eigenvalue weighted by Gasteiger charge is -2.22. The Morgan fingerprint density at radius 2 is 1.91 bits per heavy atom. The minimum absolute atomic E-state index is 0.0599. The van der Waals surface area contributed by atoms with Gasteiger partial charge in [0.15, 0.2) is 14.9 Å². The van der Waals surface area contributed by atoms with Crippen LogP contribution in [0, 0.1) is 0 Å². The average molecular weight is 352 g/mol. The van der Waals surface area contributed by atoms with Crippen molar-refractivity contribution < 1.29 is 27.0 Å². The quantitative estimate of drug-likeness (QED) is 0.908. The molecule has 0 spiro atoms. The number of rotatable bonds is 3. The summed E-state index contributed by atoms with van der Waals surface area (Å²) in [4.78, 5) is 0. The summed E-state index contributed by atoms with van der Waals surface area (Å²) in [5, 5.41) is 10.0. The highest BCUT2D eigenvalue weighted by Crippen LogP contribution is 2.53. The van der Waals surface area contributed by atoms with Crippen LogP contribution in [0.15, 0.2) is 4.21 Å². The maximum absolute atomic E-state index is 13.8. The molecule has 0 bridgehead atoms. The third-order valence-electron chi connectivity index (χ3n) is 4.23. The number of ether oxygens (including phenoxy) is 1. The molecule has 3 rings (SSSR count). The van der Waals surface area contributed by atoms with Crippen LogP contribution in [-0.4, -0.2) is 31.8 Å². The molecule has 0 amide bonds. The number of aliphatic hydroxyl groups is 1. The molecular weight excluding hydrogens is 334 g/mol. The number of alkyl halides is 2. The third-order valence-corrected chi connectivity index (χ3v) is 7.21. The molecule has 0 radical (unpaired) electrons. The topological polar surface area (TPSA) is 63.6 Å². The number of fused-ring (bicyclic) bond motifs is 1. The molecule has 0 unspecified atom stereocenters. The van der Waals surface area contributed by atoms with Crippen molar-refractivity contribution in [3.05, 3.63) is 11.1 Å². The van der Waals surface area contributed by atoms with E-state index in [0.717, 1.165) is 49.7 Å². The van der Waals surface area contributed by atoms with E-state index in [-0.39, 0.29) is 26.5 Å². The van der Waals surface area contributed by atoms with Crippen molar-refractivity contribution in [2.75, 3.05) is 6.26 Å². The summed E-state index contributed by atoms with van der Waals surface area (Å²) in [6.45, 7) is 0. The van der Waals surface area contributed by atoms with Gasteiger partial charge in [-0.3, -0.25) is 0 Å². The van der Waals surface area contributed by atoms with Crippen LogP contribution in [-0.2, 0) is 16.3 Å². The molecule has 0 aliphatic heterocycles. The van der Waals surface area contributed by atoms with Crippen molar-refractivity contribution in [2.45, 2.75) is 60.9 Å². The van der Waals surface area contributed by atoms with Gasteiger partial charge in [0.2, 0.25) is 0 Å². The first-order chi connectivity index (χ1) is 10.2. The summed E-state index contributed by atoms with van der Waals surface area (Å²) < 4.78 is 56.9. The number of aliphatic hydroxyl groups excluding tert-OH is 1. The van der Waals surface area contributed by atoms with Crippen molar-refractivity contribution in [1.82, 2.24) is 0 Å². The second kappa shape index (κ2) is 5.42. The van der Waals surface area contributed by atoms with E-state index in [1.807, 2.05) is 0 Å². The molecule has 1 heterocycles. The van der Waals surface area contributed by atoms with E-state index in [1.165, 1.54) is 0 Å². The summed E-state index contributed by atoms with van der Waals surface area (Å²) in [5.74, 6) is -3.34. The van der Waals surface area contributed by atoms with Crippen LogP contribution in [0.1, 0.15) is 49.3 Å². The van der Waals surface area contributed by atoms with Gasteiger partial charge in [0, 0.05) is 23.8 Å². The molecule has 2 aliphatic rings. The molecule has 4 nitrogen and oxygen atoms in total. The number of sulfone groups is 1. The number of hydrogen-bond donors (Lipinski definition) is 1. The molecule has 1 aromatic rings. The van der Waals surface area contributed by atoms with E-state index >= 15 is 0 Å². The van der Waals surface area contributed by atoms with Gasteiger partial charge in [-0.25, -0.2) is 17.2 Å². The minimum Gasteiger partial charge on any atom is -0.481 e. The highest BCUT2D eigenvalue weighted by molar-refractivity contribution is 7.92. The summed E-state index contributed by atoms with van der Waals surface area (Å²) in [7, 11) is -3.69. The zero-order chi connectivity index (χ0) is 16.1. The summed E-state index contributed by atoms with van der Waals surface area (Å²) in [6, 6.07) is 0. The first kappa shape index (κ1) is 16.1. The zero-order valence-corrected chi connectivity index (χ0v) is 13.8. The van der Waals surface area contributed by atoms with Crippen LogP contribution in [0.4, 0.5) is 8.78 Å². The maximum atomic E-state index is 13.8. The van der Waals surface area contributed by atoms with E-state index in [4.69, 9.17) is 4.74 Å². The first-order valence-corrected chi connectivity index (χ1v) is 9.99. The van der Waals surface area contributed by atoms with Gasteiger partial charge in [0.05, 0.1) is 6.10 Å². The number of hydrogen-bond acceptors (Lipinski definition) is 5. The molecule has 0 aromatic carbocycles. The van der Waals surface area contributed by atoms with Crippen LogP contribution in [0.5, 0.6) is 5.06 Å². The average Bonchev–Trinajstić information content (AvgIpc) is 2.87. The predicted octanol–water partition coefficient (Wildman–Crippen LogP) is 3.09. The lowest BCUT2D eigenvalue weighted by atomic mass is 9.98. The van der Waals surface area contributed by atoms with Gasteiger partial charge >= 0.3 is 0 Å². The lowest BCUT2D eigenvalue weighted by molar-refractivity contribution is -0.0976. The fraction of sp³-hybridized carbons (Fsp3) is 0.714. The fourth-order valence-electron chi connectivity index (χ4n) is 3.13. The Morgan fingerprint density at radius 1 is 1.27 bits per heavy atom. The van der Waals surface area contributed by atoms with Crippen LogP contribution in [0.2, 0.25) is 0 Å². The Hall–Kier alpha value is -0.730. The van der Waals surface area contributed by atoms with Crippen molar-refractivity contribution in [3.8, 4) is 5.06 Å². The Morgan fingerprint density at radius 3 is 2.50 bits per heavy atom. The van der Waals surface area contributed by atoms with E-state index in [2.05, 4.69) is 0 Å². The standard InChI is InChI=1S/C14H18F2O4S2/c1-22(18,19)13-10-9(7-14(15,16)11(10)17)12(21-13)20-8-5-3-2-4-6-8/h8,11,17H,2-7H2,1H3/t11-/m0/s1. The molecule has 1 saturated carbocycles. The van der Waals surface area contributed by atoms with Crippen molar-refractivity contribution >= 4 is 21.2 Å². The van der Waals surface area contributed by atoms with Gasteiger partial charge in [-0.05, 0) is 25.7 Å². The molecule has 0 saturated heterocycles. The molecule has 2 aliphatic carbocycles. The molecule has 1 atom stereocenters. The minimum atomic E-state index is -3.69. The molecule has 22 heavy (non-hydrogen) atoms. The normalized spacial score (nSPS) is 25.2. The predicted molar refractivity (Wildman–Crippen MR) is 78.5 cm³/mol. The lowest BCUT2D eigenvalue weighted by Crippen LogP contribution is -2.23. The highest BCUT2D eigenvalue weighted by atomic mass is 32.2. The Kier molecular flexibility index (Phi) is 3.98. The summed E-state index contributed by atoms with van der Waals surface area (Å²) in [6.07, 6.45) is 3.03. The number of thiophene rings is 1. The van der Waals surface area contributed by atoms with Crippen molar-refractivity contribution in [1.29, 1.82) is 0 Å². The third kappa shape index (κ3) is 2.76. The molecule has 8 heteroatoms. The molecule has 124 valence electrons. The van der Waals surface area contributed by atoms with E-state index in [0.29, 0.717) is 0 Å². The second-order valence-corrected chi connectivity index (χ2v) is 9.25. The van der Waals surface area contributed by atoms with Crippen LogP contribution in [0.25, 0.3) is 0 Å². The van der Waals surface area contributed by atoms with E-state index < -0.39 is 28.3 Å². The maximum Gasteiger partial charge on any atom is 0.281 e. The van der Waals surface area contributed by atoms with Gasteiger partial charge in [0.25, 0.3) is 5.92 Å². The molecule has 1 N–H and O–H groups in total. The van der Waals surface area contributed by atoms with Gasteiger partial charge in [-0.2, -0.15) is 0 Å². The monoisotopic (exact) mass is 352 g/mol. The van der Waals surface area contributed by atoms with Gasteiger partial charge in [-0.1, -0.05) is 17.8 Å². The highest BCUT2D eigenvalue weighted by Gasteiger charge is 2.52. The molecule has 1 fully saturated rings. The Labute approximate surface area is 132 Å². The van der Waals surface area contributed by atoms with Gasteiger partial charge < -0.3 is 9.84 Å². The molecule has 1 aromatic heterocycles.